The Bertz CT molecular complexity index is 583. The lowest BCUT2D eigenvalue weighted by Crippen LogP contribution is -2.89. The lowest BCUT2D eigenvalue weighted by molar-refractivity contribution is -0.657. The van der Waals surface area contributed by atoms with Crippen molar-refractivity contribution in [3.05, 3.63) is 70.7 Å². The van der Waals surface area contributed by atoms with Crippen LogP contribution in [0.3, 0.4) is 0 Å². The zero-order valence-electron chi connectivity index (χ0n) is 12.1. The molecule has 2 N–H and O–H groups in total. The molecule has 21 heavy (non-hydrogen) atoms. The van der Waals surface area contributed by atoms with E-state index in [-0.39, 0.29) is 17.9 Å². The van der Waals surface area contributed by atoms with Crippen molar-refractivity contribution in [3.63, 3.8) is 0 Å². The molecule has 0 saturated carbocycles. The summed E-state index contributed by atoms with van der Waals surface area (Å²) in [4.78, 5) is 12.7. The van der Waals surface area contributed by atoms with Crippen LogP contribution in [0.15, 0.2) is 54.6 Å². The third-order valence-corrected chi connectivity index (χ3v) is 3.75. The maximum Gasteiger partial charge on any atom is 0.222 e. The molecule has 0 aliphatic heterocycles. The number of ketones is 1. The summed E-state index contributed by atoms with van der Waals surface area (Å²) in [5.41, 5.74) is 1.63. The molecule has 110 valence electrons. The molecule has 0 spiro atoms. The summed E-state index contributed by atoms with van der Waals surface area (Å²) in [6.45, 7) is 0. The molecule has 0 aliphatic rings. The number of likely N-dealkylation sites (N-methyl/N-ethyl adjacent to an activating group) is 1. The van der Waals surface area contributed by atoms with Gasteiger partial charge in [-0.05, 0) is 17.7 Å². The summed E-state index contributed by atoms with van der Waals surface area (Å²) >= 11 is 5.92. The highest BCUT2D eigenvalue weighted by Crippen LogP contribution is 2.23. The topological polar surface area (TPSA) is 42.9 Å². The summed E-state index contributed by atoms with van der Waals surface area (Å²) in [6.07, 6.45) is -0.319. The van der Waals surface area contributed by atoms with Crippen LogP contribution in [0.25, 0.3) is 0 Å². The van der Waals surface area contributed by atoms with Gasteiger partial charge in [0.25, 0.3) is 0 Å². The number of hydrogen-bond donors (Lipinski definition) is 1. The lowest BCUT2D eigenvalue weighted by Gasteiger charge is -2.22. The Hall–Kier alpha value is -1.68. The average Bonchev–Trinajstić information content (AvgIpc) is 2.54. The first-order valence-corrected chi connectivity index (χ1v) is 7.22. The van der Waals surface area contributed by atoms with Crippen molar-refractivity contribution in [1.82, 2.24) is 0 Å². The van der Waals surface area contributed by atoms with Gasteiger partial charge in [-0.2, -0.15) is 0 Å². The van der Waals surface area contributed by atoms with E-state index in [2.05, 4.69) is 0 Å². The van der Waals surface area contributed by atoms with Crippen LogP contribution in [0.4, 0.5) is 0 Å². The smallest absolute Gasteiger partial charge is 0.222 e. The van der Waals surface area contributed by atoms with Crippen LogP contribution < -0.4 is 5.32 Å². The quantitative estimate of drug-likeness (QED) is 0.833. The number of halogens is 1. The third kappa shape index (κ3) is 3.70. The van der Waals surface area contributed by atoms with E-state index in [1.54, 1.807) is 7.11 Å². The molecule has 0 radical (unpaired) electrons. The Kier molecular flexibility index (Phi) is 5.51. The zero-order chi connectivity index (χ0) is 15.2. The standard InChI is InChI=1S/C17H18ClNO2/c1-19-15(16(20)12-6-4-3-5-7-12)17(21-2)13-8-10-14(18)11-9-13/h3-11,15,17,19H,1-2H3/p+1/t15-,17-/m1/s1. The SMILES string of the molecule is C[NH2+][C@H](C(=O)c1ccccc1)[C@H](OC)c1ccc(Cl)cc1. The van der Waals surface area contributed by atoms with E-state index < -0.39 is 0 Å². The van der Waals surface area contributed by atoms with Crippen LogP contribution in [0.2, 0.25) is 5.02 Å². The van der Waals surface area contributed by atoms with Crippen LogP contribution in [-0.4, -0.2) is 26.0 Å². The summed E-state index contributed by atoms with van der Waals surface area (Å²) in [5.74, 6) is 0.0555. The van der Waals surface area contributed by atoms with Gasteiger partial charge >= 0.3 is 0 Å². The number of carbonyl (C=O) groups excluding carboxylic acids is 1. The van der Waals surface area contributed by atoms with Gasteiger partial charge in [-0.15, -0.1) is 0 Å². The van der Waals surface area contributed by atoms with Gasteiger partial charge in [-0.3, -0.25) is 4.79 Å². The molecular formula is C17H19ClNO2+. The predicted molar refractivity (Wildman–Crippen MR) is 83.6 cm³/mol. The Morgan fingerprint density at radius 2 is 1.71 bits per heavy atom. The first-order valence-electron chi connectivity index (χ1n) is 6.84. The second-order valence-corrected chi connectivity index (χ2v) is 5.23. The normalized spacial score (nSPS) is 13.7. The zero-order valence-corrected chi connectivity index (χ0v) is 12.9. The molecule has 0 aromatic heterocycles. The summed E-state index contributed by atoms with van der Waals surface area (Å²) in [6, 6.07) is 16.4. The Morgan fingerprint density at radius 3 is 2.24 bits per heavy atom. The Labute approximate surface area is 129 Å². The van der Waals surface area contributed by atoms with Crippen molar-refractivity contribution < 1.29 is 14.8 Å². The highest BCUT2D eigenvalue weighted by Gasteiger charge is 2.32. The van der Waals surface area contributed by atoms with Gasteiger partial charge in [-0.1, -0.05) is 54.1 Å². The van der Waals surface area contributed by atoms with E-state index in [4.69, 9.17) is 16.3 Å². The van der Waals surface area contributed by atoms with E-state index in [1.807, 2.05) is 67.0 Å². The number of carbonyl (C=O) groups is 1. The highest BCUT2D eigenvalue weighted by molar-refractivity contribution is 6.30. The molecule has 2 rings (SSSR count). The van der Waals surface area contributed by atoms with E-state index in [0.29, 0.717) is 10.6 Å². The van der Waals surface area contributed by atoms with Crippen LogP contribution in [0.5, 0.6) is 0 Å². The number of hydrogen-bond acceptors (Lipinski definition) is 2. The lowest BCUT2D eigenvalue weighted by atomic mass is 9.95. The van der Waals surface area contributed by atoms with Gasteiger partial charge < -0.3 is 10.1 Å². The van der Waals surface area contributed by atoms with Crippen LogP contribution in [0.1, 0.15) is 22.0 Å². The molecule has 2 atom stereocenters. The molecule has 0 saturated heterocycles. The van der Waals surface area contributed by atoms with E-state index in [1.165, 1.54) is 0 Å². The molecular weight excluding hydrogens is 286 g/mol. The van der Waals surface area contributed by atoms with Gasteiger partial charge in [-0.25, -0.2) is 0 Å². The van der Waals surface area contributed by atoms with Gasteiger partial charge in [0.2, 0.25) is 5.78 Å². The summed E-state index contributed by atoms with van der Waals surface area (Å²) in [5, 5.41) is 2.55. The number of quaternary nitrogens is 1. The molecule has 0 aliphatic carbocycles. The largest absolute Gasteiger partial charge is 0.370 e. The first kappa shape index (κ1) is 15.7. The second kappa shape index (κ2) is 7.36. The molecule has 0 amide bonds. The van der Waals surface area contributed by atoms with Gasteiger partial charge in [0.15, 0.2) is 6.04 Å². The Balaban J connectivity index is 2.29. The number of ether oxygens (including phenoxy) is 1. The Morgan fingerprint density at radius 1 is 1.10 bits per heavy atom. The second-order valence-electron chi connectivity index (χ2n) is 4.80. The van der Waals surface area contributed by atoms with Crippen LogP contribution in [-0.2, 0) is 4.74 Å². The minimum atomic E-state index is -0.335. The fraction of sp³-hybridized carbons (Fsp3) is 0.235. The van der Waals surface area contributed by atoms with Crippen molar-refractivity contribution in [2.45, 2.75) is 12.1 Å². The minimum Gasteiger partial charge on any atom is -0.370 e. The van der Waals surface area contributed by atoms with Gasteiger partial charge in [0, 0.05) is 17.7 Å². The number of Topliss-reactive ketones (excluding diaryl/α,β-unsaturated/α-hetero) is 1. The number of nitrogens with two attached hydrogens (primary N) is 1. The molecule has 4 heteroatoms. The van der Waals surface area contributed by atoms with E-state index >= 15 is 0 Å². The number of benzene rings is 2. The third-order valence-electron chi connectivity index (χ3n) is 3.50. The summed E-state index contributed by atoms with van der Waals surface area (Å²) in [7, 11) is 3.50. The van der Waals surface area contributed by atoms with Crippen molar-refractivity contribution in [1.29, 1.82) is 0 Å². The van der Waals surface area contributed by atoms with Gasteiger partial charge in [0.05, 0.1) is 7.05 Å². The fourth-order valence-electron chi connectivity index (χ4n) is 2.40. The fourth-order valence-corrected chi connectivity index (χ4v) is 2.53. The van der Waals surface area contributed by atoms with Crippen LogP contribution in [0, 0.1) is 0 Å². The molecule has 2 aromatic rings. The van der Waals surface area contributed by atoms with Crippen molar-refractivity contribution in [2.24, 2.45) is 0 Å². The molecule has 0 heterocycles. The molecule has 3 nitrogen and oxygen atoms in total. The van der Waals surface area contributed by atoms with Crippen molar-refractivity contribution >= 4 is 17.4 Å². The van der Waals surface area contributed by atoms with Gasteiger partial charge in [0.1, 0.15) is 6.10 Å². The highest BCUT2D eigenvalue weighted by atomic mass is 35.5. The molecule has 2 aromatic carbocycles. The maximum atomic E-state index is 12.7. The van der Waals surface area contributed by atoms with E-state index in [9.17, 15) is 4.79 Å². The molecule has 0 fully saturated rings. The maximum absolute atomic E-state index is 12.7. The van der Waals surface area contributed by atoms with E-state index in [0.717, 1.165) is 5.56 Å². The van der Waals surface area contributed by atoms with Crippen molar-refractivity contribution in [3.8, 4) is 0 Å². The first-order chi connectivity index (χ1) is 10.2. The summed E-state index contributed by atoms with van der Waals surface area (Å²) < 4.78 is 5.58. The monoisotopic (exact) mass is 304 g/mol. The average molecular weight is 305 g/mol. The molecule has 0 bridgehead atoms. The number of rotatable bonds is 6. The van der Waals surface area contributed by atoms with Crippen LogP contribution >= 0.6 is 11.6 Å². The molecule has 0 unspecified atom stereocenters. The minimum absolute atomic E-state index is 0.0555. The van der Waals surface area contributed by atoms with Crippen molar-refractivity contribution in [2.75, 3.05) is 14.2 Å². The predicted octanol–water partition coefficient (Wildman–Crippen LogP) is 2.47. The number of methoxy groups -OCH3 is 1.